The highest BCUT2D eigenvalue weighted by Crippen LogP contribution is 2.29. The summed E-state index contributed by atoms with van der Waals surface area (Å²) in [6, 6.07) is 18.5. The molecule has 5 heteroatoms. The number of hydrogen-bond acceptors (Lipinski definition) is 3. The third-order valence-electron chi connectivity index (χ3n) is 4.86. The van der Waals surface area contributed by atoms with Crippen molar-refractivity contribution in [3.8, 4) is 0 Å². The maximum Gasteiger partial charge on any atom is 0.242 e. The first-order valence-electron chi connectivity index (χ1n) is 8.67. The van der Waals surface area contributed by atoms with E-state index in [0.29, 0.717) is 17.7 Å². The molecule has 4 rings (SSSR count). The first-order chi connectivity index (χ1) is 12.6. The Morgan fingerprint density at radius 2 is 1.88 bits per heavy atom. The maximum atomic E-state index is 13.2. The van der Waals surface area contributed by atoms with E-state index in [-0.39, 0.29) is 23.8 Å². The van der Waals surface area contributed by atoms with Crippen LogP contribution in [0.3, 0.4) is 0 Å². The Hall–Kier alpha value is -2.76. The van der Waals surface area contributed by atoms with Crippen LogP contribution in [-0.4, -0.2) is 11.9 Å². The Kier molecular flexibility index (Phi) is 4.41. The van der Waals surface area contributed by atoms with E-state index in [1.54, 1.807) is 13.0 Å². The van der Waals surface area contributed by atoms with E-state index in [9.17, 15) is 9.18 Å². The Labute approximate surface area is 151 Å². The molecule has 2 atom stereocenters. The monoisotopic (exact) mass is 349 g/mol. The molecule has 0 aromatic heterocycles. The molecular weight excluding hydrogens is 329 g/mol. The van der Waals surface area contributed by atoms with E-state index in [2.05, 4.69) is 40.4 Å². The number of aryl methyl sites for hydroxylation is 1. The van der Waals surface area contributed by atoms with E-state index in [4.69, 9.17) is 0 Å². The minimum Gasteiger partial charge on any atom is -0.324 e. The van der Waals surface area contributed by atoms with Crippen LogP contribution in [0.25, 0.3) is 10.8 Å². The Bertz CT molecular complexity index is 967. The summed E-state index contributed by atoms with van der Waals surface area (Å²) in [5, 5.41) is 5.25. The van der Waals surface area contributed by atoms with Crippen LogP contribution >= 0.6 is 0 Å². The van der Waals surface area contributed by atoms with E-state index in [0.717, 1.165) is 0 Å². The number of halogens is 1. The molecule has 1 fully saturated rings. The van der Waals surface area contributed by atoms with Crippen molar-refractivity contribution in [2.75, 3.05) is 5.32 Å². The van der Waals surface area contributed by atoms with E-state index < -0.39 is 0 Å². The number of nitrogens with one attached hydrogen (secondary N) is 3. The number of fused-ring (bicyclic) bond motifs is 1. The van der Waals surface area contributed by atoms with Gasteiger partial charge in [0, 0.05) is 11.7 Å². The second kappa shape index (κ2) is 6.86. The number of hydrazine groups is 1. The maximum absolute atomic E-state index is 13.2. The average Bonchev–Trinajstić information content (AvgIpc) is 3.13. The minimum atomic E-state index is -0.358. The highest BCUT2D eigenvalue weighted by atomic mass is 19.1. The van der Waals surface area contributed by atoms with Crippen LogP contribution in [0.2, 0.25) is 0 Å². The zero-order valence-corrected chi connectivity index (χ0v) is 14.4. The van der Waals surface area contributed by atoms with Crippen molar-refractivity contribution >= 4 is 22.4 Å². The van der Waals surface area contributed by atoms with Crippen LogP contribution in [-0.2, 0) is 4.79 Å². The molecule has 0 radical (unpaired) electrons. The Morgan fingerprint density at radius 1 is 1.08 bits per heavy atom. The number of carbonyl (C=O) groups excluding carboxylic acids is 1. The lowest BCUT2D eigenvalue weighted by molar-refractivity contribution is -0.117. The van der Waals surface area contributed by atoms with Crippen molar-refractivity contribution < 1.29 is 9.18 Å². The Balaban J connectivity index is 1.50. The molecule has 2 unspecified atom stereocenters. The summed E-state index contributed by atoms with van der Waals surface area (Å²) >= 11 is 0. The lowest BCUT2D eigenvalue weighted by Gasteiger charge is -2.13. The molecule has 0 aliphatic carbocycles. The fraction of sp³-hybridized carbons (Fsp3) is 0.190. The molecule has 1 saturated heterocycles. The molecule has 3 N–H and O–H groups in total. The largest absolute Gasteiger partial charge is 0.324 e. The quantitative estimate of drug-likeness (QED) is 0.673. The van der Waals surface area contributed by atoms with Gasteiger partial charge in [-0.3, -0.25) is 4.79 Å². The molecule has 1 aliphatic rings. The first kappa shape index (κ1) is 16.7. The smallest absolute Gasteiger partial charge is 0.242 e. The van der Waals surface area contributed by atoms with E-state index in [1.807, 2.05) is 18.2 Å². The molecule has 0 spiro atoms. The van der Waals surface area contributed by atoms with Crippen LogP contribution in [0.1, 0.15) is 23.6 Å². The zero-order valence-electron chi connectivity index (χ0n) is 14.4. The van der Waals surface area contributed by atoms with Gasteiger partial charge in [0.05, 0.1) is 0 Å². The highest BCUT2D eigenvalue weighted by molar-refractivity contribution is 5.95. The fourth-order valence-corrected chi connectivity index (χ4v) is 3.47. The van der Waals surface area contributed by atoms with Crippen LogP contribution < -0.4 is 16.2 Å². The summed E-state index contributed by atoms with van der Waals surface area (Å²) in [7, 11) is 0. The van der Waals surface area contributed by atoms with Gasteiger partial charge in [0.1, 0.15) is 11.9 Å². The molecule has 132 valence electrons. The molecular formula is C21H20FN3O. The lowest BCUT2D eigenvalue weighted by Crippen LogP contribution is -2.39. The van der Waals surface area contributed by atoms with Crippen LogP contribution in [0.5, 0.6) is 0 Å². The van der Waals surface area contributed by atoms with Crippen molar-refractivity contribution in [3.05, 3.63) is 77.6 Å². The SMILES string of the molecule is Cc1cc(F)ccc1NC(=O)C1CC(c2cccc3ccccc23)NN1. The minimum absolute atomic E-state index is 0.0474. The second-order valence-corrected chi connectivity index (χ2v) is 6.65. The number of carbonyl (C=O) groups is 1. The fourth-order valence-electron chi connectivity index (χ4n) is 3.47. The van der Waals surface area contributed by atoms with Crippen LogP contribution in [0, 0.1) is 12.7 Å². The summed E-state index contributed by atoms with van der Waals surface area (Å²) in [5.41, 5.74) is 8.82. The second-order valence-electron chi connectivity index (χ2n) is 6.65. The third kappa shape index (κ3) is 3.19. The molecule has 3 aromatic carbocycles. The van der Waals surface area contributed by atoms with Crippen molar-refractivity contribution in [2.45, 2.75) is 25.4 Å². The lowest BCUT2D eigenvalue weighted by atomic mass is 9.96. The first-order valence-corrected chi connectivity index (χ1v) is 8.67. The van der Waals surface area contributed by atoms with Crippen LogP contribution in [0.4, 0.5) is 10.1 Å². The standard InChI is InChI=1S/C21H20FN3O/c1-13-11-15(22)9-10-18(13)23-21(26)20-12-19(24-25-20)17-8-4-6-14-5-2-3-7-16(14)17/h2-11,19-20,24-25H,12H2,1H3,(H,23,26). The Morgan fingerprint density at radius 3 is 2.73 bits per heavy atom. The molecule has 4 nitrogen and oxygen atoms in total. The summed E-state index contributed by atoms with van der Waals surface area (Å²) in [6.07, 6.45) is 0.639. The third-order valence-corrected chi connectivity index (χ3v) is 4.86. The highest BCUT2D eigenvalue weighted by Gasteiger charge is 2.31. The van der Waals surface area contributed by atoms with Crippen LogP contribution in [0.15, 0.2) is 60.7 Å². The van der Waals surface area contributed by atoms with Crippen molar-refractivity contribution in [3.63, 3.8) is 0 Å². The summed E-state index contributed by atoms with van der Waals surface area (Å²) in [6.45, 7) is 1.78. The average molecular weight is 349 g/mol. The van der Waals surface area contributed by atoms with Gasteiger partial charge < -0.3 is 5.32 Å². The summed E-state index contributed by atoms with van der Waals surface area (Å²) in [4.78, 5) is 12.6. The molecule has 1 heterocycles. The molecule has 0 saturated carbocycles. The van der Waals surface area contributed by atoms with E-state index >= 15 is 0 Å². The molecule has 1 amide bonds. The van der Waals surface area contributed by atoms with Crippen molar-refractivity contribution in [2.24, 2.45) is 0 Å². The van der Waals surface area contributed by atoms with Gasteiger partial charge >= 0.3 is 0 Å². The van der Waals surface area contributed by atoms with Crippen molar-refractivity contribution in [1.29, 1.82) is 0 Å². The van der Waals surface area contributed by atoms with Gasteiger partial charge in [-0.2, -0.15) is 0 Å². The van der Waals surface area contributed by atoms with Gasteiger partial charge in [0.15, 0.2) is 0 Å². The van der Waals surface area contributed by atoms with E-state index in [1.165, 1.54) is 28.5 Å². The van der Waals surface area contributed by atoms with Gasteiger partial charge in [-0.15, -0.1) is 0 Å². The van der Waals surface area contributed by atoms with Gasteiger partial charge in [-0.1, -0.05) is 42.5 Å². The number of amides is 1. The van der Waals surface area contributed by atoms with Gasteiger partial charge in [-0.25, -0.2) is 15.2 Å². The molecule has 1 aliphatic heterocycles. The van der Waals surface area contributed by atoms with Gasteiger partial charge in [0.25, 0.3) is 0 Å². The number of anilines is 1. The predicted octanol–water partition coefficient (Wildman–Crippen LogP) is 3.83. The topological polar surface area (TPSA) is 53.2 Å². The normalized spacial score (nSPS) is 19.6. The molecule has 0 bridgehead atoms. The summed E-state index contributed by atoms with van der Waals surface area (Å²) < 4.78 is 13.2. The number of hydrogen-bond donors (Lipinski definition) is 3. The molecule has 3 aromatic rings. The van der Waals surface area contributed by atoms with Crippen molar-refractivity contribution in [1.82, 2.24) is 10.9 Å². The van der Waals surface area contributed by atoms with Gasteiger partial charge in [-0.05, 0) is 53.4 Å². The summed E-state index contributed by atoms with van der Waals surface area (Å²) in [5.74, 6) is -0.438. The number of rotatable bonds is 3. The number of benzene rings is 3. The van der Waals surface area contributed by atoms with Gasteiger partial charge in [0.2, 0.25) is 5.91 Å². The predicted molar refractivity (Wildman–Crippen MR) is 101 cm³/mol. The zero-order chi connectivity index (χ0) is 18.1. The molecule has 26 heavy (non-hydrogen) atoms.